The zero-order chi connectivity index (χ0) is 23.7. The molecule has 5 rings (SSSR count). The summed E-state index contributed by atoms with van der Waals surface area (Å²) in [7, 11) is 0. The van der Waals surface area contributed by atoms with Gasteiger partial charge in [0.2, 0.25) is 0 Å². The average molecular weight is 461 g/mol. The Kier molecular flexibility index (Phi) is 6.09. The second kappa shape index (κ2) is 9.33. The van der Waals surface area contributed by atoms with Crippen LogP contribution >= 0.6 is 0 Å². The first kappa shape index (κ1) is 22.2. The lowest BCUT2D eigenvalue weighted by atomic mass is 9.77. The van der Waals surface area contributed by atoms with Gasteiger partial charge < -0.3 is 14.2 Å². The first-order valence-electron chi connectivity index (χ1n) is 11.8. The summed E-state index contributed by atoms with van der Waals surface area (Å²) in [5.41, 5.74) is 1.16. The number of benzene rings is 1. The van der Waals surface area contributed by atoms with Crippen LogP contribution in [-0.4, -0.2) is 36.0 Å². The monoisotopic (exact) mass is 460 g/mol. The highest BCUT2D eigenvalue weighted by molar-refractivity contribution is 6.17. The zero-order valence-corrected chi connectivity index (χ0v) is 19.2. The van der Waals surface area contributed by atoms with Crippen molar-refractivity contribution in [2.45, 2.75) is 44.8 Å². The molecule has 2 aromatic rings. The maximum atomic E-state index is 13.8. The Morgan fingerprint density at radius 1 is 1.15 bits per heavy atom. The normalized spacial score (nSPS) is 23.8. The van der Waals surface area contributed by atoms with E-state index in [2.05, 4.69) is 11.6 Å². The minimum absolute atomic E-state index is 0.00711. The smallest absolute Gasteiger partial charge is 0.295 e. The van der Waals surface area contributed by atoms with Gasteiger partial charge in [-0.3, -0.25) is 14.5 Å². The Labute approximate surface area is 199 Å². The molecule has 1 fully saturated rings. The molecule has 7 heteroatoms. The van der Waals surface area contributed by atoms with Gasteiger partial charge in [-0.15, -0.1) is 0 Å². The molecule has 34 heavy (non-hydrogen) atoms. The summed E-state index contributed by atoms with van der Waals surface area (Å²) < 4.78 is 17.8. The van der Waals surface area contributed by atoms with Crippen LogP contribution in [0.15, 0.2) is 66.6 Å². The van der Waals surface area contributed by atoms with Gasteiger partial charge in [-0.25, -0.2) is 4.98 Å². The Morgan fingerprint density at radius 3 is 2.76 bits per heavy atom. The second-order valence-corrected chi connectivity index (χ2v) is 8.66. The third kappa shape index (κ3) is 3.75. The lowest BCUT2D eigenvalue weighted by Gasteiger charge is -2.35. The minimum Gasteiger partial charge on any atom is -0.490 e. The number of aromatic nitrogens is 1. The van der Waals surface area contributed by atoms with Crippen molar-refractivity contribution in [2.75, 3.05) is 18.1 Å². The van der Waals surface area contributed by atoms with Crippen LogP contribution in [0.4, 0.5) is 5.82 Å². The highest BCUT2D eigenvalue weighted by Crippen LogP contribution is 2.48. The molecule has 3 heterocycles. The highest BCUT2D eigenvalue weighted by atomic mass is 16.5. The molecule has 3 unspecified atom stereocenters. The molecular formula is C27H28N2O5. The molecule has 3 atom stereocenters. The van der Waals surface area contributed by atoms with Gasteiger partial charge in [0.25, 0.3) is 5.91 Å². The Morgan fingerprint density at radius 2 is 2.00 bits per heavy atom. The van der Waals surface area contributed by atoms with Crippen LogP contribution in [0.1, 0.15) is 44.2 Å². The molecule has 0 spiro atoms. The fourth-order valence-corrected chi connectivity index (χ4v) is 5.12. The van der Waals surface area contributed by atoms with Crippen molar-refractivity contribution in [1.29, 1.82) is 0 Å². The fraction of sp³-hybridized carbons (Fsp3) is 0.370. The van der Waals surface area contributed by atoms with Crippen molar-refractivity contribution in [3.8, 4) is 11.5 Å². The van der Waals surface area contributed by atoms with E-state index in [0.29, 0.717) is 36.1 Å². The molecule has 7 nitrogen and oxygen atoms in total. The van der Waals surface area contributed by atoms with Crippen LogP contribution in [0, 0.1) is 5.92 Å². The summed E-state index contributed by atoms with van der Waals surface area (Å²) in [4.78, 5) is 33.4. The van der Waals surface area contributed by atoms with Gasteiger partial charge in [-0.05, 0) is 56.0 Å². The minimum atomic E-state index is -0.652. The molecule has 2 aliphatic heterocycles. The number of ketones is 1. The molecule has 3 aliphatic rings. The molecule has 0 bridgehead atoms. The molecule has 176 valence electrons. The molecule has 0 radical (unpaired) electrons. The quantitative estimate of drug-likeness (QED) is 0.565. The number of amides is 1. The highest BCUT2D eigenvalue weighted by Gasteiger charge is 2.52. The number of carbonyl (C=O) groups is 2. The predicted octanol–water partition coefficient (Wildman–Crippen LogP) is 4.55. The summed E-state index contributed by atoms with van der Waals surface area (Å²) >= 11 is 0. The number of Topliss-reactive ketones (excluding diaryl/α,β-unsaturated/α-hetero) is 1. The summed E-state index contributed by atoms with van der Waals surface area (Å²) in [6, 6.07) is 10.2. The summed E-state index contributed by atoms with van der Waals surface area (Å²) in [5, 5.41) is 0. The third-order valence-electron chi connectivity index (χ3n) is 6.60. The number of pyridine rings is 1. The van der Waals surface area contributed by atoms with Gasteiger partial charge >= 0.3 is 0 Å². The maximum Gasteiger partial charge on any atom is 0.295 e. The largest absolute Gasteiger partial charge is 0.490 e. The van der Waals surface area contributed by atoms with E-state index < -0.39 is 6.04 Å². The van der Waals surface area contributed by atoms with Crippen molar-refractivity contribution in [2.24, 2.45) is 5.92 Å². The van der Waals surface area contributed by atoms with Crippen LogP contribution in [0.5, 0.6) is 11.5 Å². The lowest BCUT2D eigenvalue weighted by Crippen LogP contribution is -2.39. The third-order valence-corrected chi connectivity index (χ3v) is 6.60. The maximum absolute atomic E-state index is 13.8. The Bertz CT molecular complexity index is 1140. The summed E-state index contributed by atoms with van der Waals surface area (Å²) in [6.07, 6.45) is 6.63. The first-order valence-corrected chi connectivity index (χ1v) is 11.8. The van der Waals surface area contributed by atoms with Crippen LogP contribution in [-0.2, 0) is 14.3 Å². The van der Waals surface area contributed by atoms with Gasteiger partial charge in [-0.2, -0.15) is 0 Å². The number of anilines is 1. The summed E-state index contributed by atoms with van der Waals surface area (Å²) in [6.45, 7) is 6.38. The van der Waals surface area contributed by atoms with E-state index in [9.17, 15) is 9.59 Å². The van der Waals surface area contributed by atoms with E-state index in [1.54, 1.807) is 35.4 Å². The van der Waals surface area contributed by atoms with Crippen molar-refractivity contribution in [3.05, 3.63) is 72.1 Å². The first-order chi connectivity index (χ1) is 16.6. The second-order valence-electron chi connectivity index (χ2n) is 8.66. The molecule has 1 aromatic heterocycles. The van der Waals surface area contributed by atoms with E-state index >= 15 is 0 Å². The van der Waals surface area contributed by atoms with E-state index in [-0.39, 0.29) is 29.5 Å². The van der Waals surface area contributed by atoms with Gasteiger partial charge in [0.1, 0.15) is 18.5 Å². The lowest BCUT2D eigenvalue weighted by molar-refractivity contribution is -0.131. The number of fused-ring (bicyclic) bond motifs is 1. The Balaban J connectivity index is 1.63. The van der Waals surface area contributed by atoms with Crippen LogP contribution in [0.2, 0.25) is 0 Å². The Hall–Kier alpha value is -3.61. The predicted molar refractivity (Wildman–Crippen MR) is 127 cm³/mol. The molecule has 1 aliphatic carbocycles. The molecule has 1 amide bonds. The topological polar surface area (TPSA) is 78.0 Å². The number of rotatable bonds is 7. The number of ether oxygens (including phenoxy) is 3. The SMILES string of the molecule is C=CCOc1ccc(C2C3=C(OC4CCCCC4C3=O)C(=O)N2c2ccccn2)cc1OCC. The van der Waals surface area contributed by atoms with Crippen molar-refractivity contribution in [3.63, 3.8) is 0 Å². The van der Waals surface area contributed by atoms with Crippen LogP contribution < -0.4 is 14.4 Å². The van der Waals surface area contributed by atoms with E-state index in [0.717, 1.165) is 31.2 Å². The molecule has 0 N–H and O–H groups in total. The molecule has 0 saturated heterocycles. The van der Waals surface area contributed by atoms with E-state index in [4.69, 9.17) is 14.2 Å². The van der Waals surface area contributed by atoms with Gasteiger partial charge in [0.15, 0.2) is 23.0 Å². The van der Waals surface area contributed by atoms with Gasteiger partial charge in [0.05, 0.1) is 24.1 Å². The van der Waals surface area contributed by atoms with E-state index in [1.807, 2.05) is 25.1 Å². The van der Waals surface area contributed by atoms with Gasteiger partial charge in [-0.1, -0.05) is 31.2 Å². The van der Waals surface area contributed by atoms with Gasteiger partial charge in [0, 0.05) is 6.20 Å². The zero-order valence-electron chi connectivity index (χ0n) is 19.2. The number of carbonyl (C=O) groups excluding carboxylic acids is 2. The molecule has 1 saturated carbocycles. The molecule has 1 aromatic carbocycles. The summed E-state index contributed by atoms with van der Waals surface area (Å²) in [5.74, 6) is 1.21. The standard InChI is InChI=1S/C27H28N2O5/c1-3-15-33-20-13-12-17(16-21(20)32-4-2)24-23-25(30)18-9-5-6-10-19(18)34-26(23)27(31)29(24)22-11-7-8-14-28-22/h3,7-8,11-14,16,18-19,24H,1,4-6,9-10,15H2,2H3. The van der Waals surface area contributed by atoms with Crippen molar-refractivity contribution >= 4 is 17.5 Å². The fourth-order valence-electron chi connectivity index (χ4n) is 5.12. The van der Waals surface area contributed by atoms with Crippen LogP contribution in [0.25, 0.3) is 0 Å². The molecular weight excluding hydrogens is 432 g/mol. The average Bonchev–Trinajstić information content (AvgIpc) is 3.16. The van der Waals surface area contributed by atoms with Crippen LogP contribution in [0.3, 0.4) is 0 Å². The van der Waals surface area contributed by atoms with E-state index in [1.165, 1.54) is 0 Å². The van der Waals surface area contributed by atoms with Crippen molar-refractivity contribution in [1.82, 2.24) is 4.98 Å². The number of hydrogen-bond acceptors (Lipinski definition) is 6. The number of nitrogens with zero attached hydrogens (tertiary/aromatic N) is 2. The number of hydrogen-bond donors (Lipinski definition) is 0. The van der Waals surface area contributed by atoms with Crippen molar-refractivity contribution < 1.29 is 23.8 Å².